The number of rotatable bonds is 7. The first-order valence-corrected chi connectivity index (χ1v) is 9.60. The quantitative estimate of drug-likeness (QED) is 0.664. The van der Waals surface area contributed by atoms with Gasteiger partial charge in [0.15, 0.2) is 0 Å². The summed E-state index contributed by atoms with van der Waals surface area (Å²) in [4.78, 5) is 35.7. The Morgan fingerprint density at radius 1 is 1.17 bits per heavy atom. The summed E-state index contributed by atoms with van der Waals surface area (Å²) in [6.45, 7) is 2.95. The third kappa shape index (κ3) is 6.02. The molecule has 2 aromatic rings. The summed E-state index contributed by atoms with van der Waals surface area (Å²) in [5, 5.41) is 11.8. The monoisotopic (exact) mass is 423 g/mol. The van der Waals surface area contributed by atoms with E-state index in [0.717, 1.165) is 12.1 Å². The second kappa shape index (κ2) is 10.0. The Balaban J connectivity index is 2.21. The van der Waals surface area contributed by atoms with Gasteiger partial charge in [0.25, 0.3) is 0 Å². The number of aromatic hydroxyl groups is 1. The minimum absolute atomic E-state index is 0.0631. The number of benzene rings is 2. The van der Waals surface area contributed by atoms with E-state index in [1.807, 2.05) is 0 Å². The zero-order valence-electron chi connectivity index (χ0n) is 15.7. The molecule has 1 amide bonds. The molecule has 154 valence electrons. The van der Waals surface area contributed by atoms with E-state index in [2.05, 4.69) is 5.32 Å². The molecule has 2 N–H and O–H groups in total. The summed E-state index contributed by atoms with van der Waals surface area (Å²) in [6, 6.07) is 5.88. The minimum atomic E-state index is -1.04. The van der Waals surface area contributed by atoms with Crippen molar-refractivity contribution in [2.24, 2.45) is 0 Å². The van der Waals surface area contributed by atoms with Crippen LogP contribution in [0.4, 0.5) is 8.78 Å². The van der Waals surface area contributed by atoms with Crippen molar-refractivity contribution in [2.75, 3.05) is 12.4 Å². The molecule has 0 bridgehead atoms. The highest BCUT2D eigenvalue weighted by molar-refractivity contribution is 8.14. The molecule has 0 aliphatic carbocycles. The topological polar surface area (TPSA) is 92.7 Å². The van der Waals surface area contributed by atoms with E-state index in [9.17, 15) is 28.3 Å². The van der Waals surface area contributed by atoms with Gasteiger partial charge in [0.1, 0.15) is 23.4 Å². The van der Waals surface area contributed by atoms with Crippen LogP contribution in [-0.2, 0) is 14.3 Å². The Hall–Kier alpha value is -2.94. The molecule has 2 rings (SSSR count). The highest BCUT2D eigenvalue weighted by Gasteiger charge is 2.24. The molecule has 0 saturated heterocycles. The number of amides is 1. The summed E-state index contributed by atoms with van der Waals surface area (Å²) < 4.78 is 32.0. The average molecular weight is 423 g/mol. The van der Waals surface area contributed by atoms with E-state index in [-0.39, 0.29) is 34.8 Å². The molecule has 29 heavy (non-hydrogen) atoms. The second-order valence-electron chi connectivity index (χ2n) is 5.96. The third-order valence-corrected chi connectivity index (χ3v) is 4.77. The van der Waals surface area contributed by atoms with Crippen molar-refractivity contribution in [1.29, 1.82) is 0 Å². The summed E-state index contributed by atoms with van der Waals surface area (Å²) >= 11 is 0.690. The van der Waals surface area contributed by atoms with Gasteiger partial charge in [-0.25, -0.2) is 13.6 Å². The lowest BCUT2D eigenvalue weighted by molar-refractivity contribution is -0.146. The van der Waals surface area contributed by atoms with Crippen LogP contribution < -0.4 is 5.32 Å². The second-order valence-corrected chi connectivity index (χ2v) is 6.95. The summed E-state index contributed by atoms with van der Waals surface area (Å²) in [6.07, 6.45) is 0. The molecule has 0 aromatic heterocycles. The Morgan fingerprint density at radius 2 is 1.90 bits per heavy atom. The third-order valence-electron chi connectivity index (χ3n) is 3.79. The first-order valence-electron chi connectivity index (χ1n) is 8.62. The summed E-state index contributed by atoms with van der Waals surface area (Å²) in [5.74, 6) is -3.15. The van der Waals surface area contributed by atoms with Crippen molar-refractivity contribution >= 4 is 28.8 Å². The van der Waals surface area contributed by atoms with Gasteiger partial charge in [-0.05, 0) is 36.8 Å². The van der Waals surface area contributed by atoms with Gasteiger partial charge in [0, 0.05) is 24.3 Å². The first kappa shape index (κ1) is 22.4. The van der Waals surface area contributed by atoms with Crippen LogP contribution in [0.2, 0.25) is 0 Å². The molecule has 2 aromatic carbocycles. The van der Waals surface area contributed by atoms with Crippen LogP contribution in [-0.4, -0.2) is 40.5 Å². The minimum Gasteiger partial charge on any atom is -0.507 e. The maximum atomic E-state index is 14.0. The first-order chi connectivity index (χ1) is 13.7. The van der Waals surface area contributed by atoms with Gasteiger partial charge in [-0.15, -0.1) is 0 Å². The van der Waals surface area contributed by atoms with E-state index in [1.165, 1.54) is 31.2 Å². The van der Waals surface area contributed by atoms with Crippen LogP contribution in [0.15, 0.2) is 36.4 Å². The van der Waals surface area contributed by atoms with Crippen LogP contribution in [0.25, 0.3) is 11.1 Å². The number of carbonyl (C=O) groups excluding carboxylic acids is 3. The van der Waals surface area contributed by atoms with Crippen LogP contribution >= 0.6 is 11.8 Å². The smallest absolute Gasteiger partial charge is 0.329 e. The average Bonchev–Trinajstić information content (AvgIpc) is 2.65. The van der Waals surface area contributed by atoms with Crippen molar-refractivity contribution in [3.8, 4) is 16.9 Å². The lowest BCUT2D eigenvalue weighted by Gasteiger charge is -2.15. The fraction of sp³-hybridized carbons (Fsp3) is 0.250. The molecule has 0 aliphatic rings. The van der Waals surface area contributed by atoms with Crippen molar-refractivity contribution < 1.29 is 33.0 Å². The number of phenolic OH excluding ortho intramolecular Hbond substituents is 1. The number of hydrogen-bond acceptors (Lipinski definition) is 6. The van der Waals surface area contributed by atoms with Crippen LogP contribution in [0.5, 0.6) is 5.75 Å². The van der Waals surface area contributed by atoms with Crippen molar-refractivity contribution in [1.82, 2.24) is 5.32 Å². The standard InChI is InChI=1S/C20H19F2NO5S/c1-3-28-19(26)17(23-11(2)24)10-29-20(27)15-8-12(4-7-18(15)25)14-6-5-13(21)9-16(14)22/h4-9,17,25H,3,10H2,1-2H3,(H,23,24)/t17-/m1/s1. The van der Waals surface area contributed by atoms with E-state index < -0.39 is 34.7 Å². The largest absolute Gasteiger partial charge is 0.507 e. The summed E-state index contributed by atoms with van der Waals surface area (Å²) in [5.41, 5.74) is 0.225. The molecule has 1 atom stereocenters. The van der Waals surface area contributed by atoms with Gasteiger partial charge in [-0.2, -0.15) is 0 Å². The molecule has 0 aliphatic heterocycles. The Morgan fingerprint density at radius 3 is 2.52 bits per heavy atom. The van der Waals surface area contributed by atoms with E-state index in [1.54, 1.807) is 6.92 Å². The number of halogens is 2. The number of ether oxygens (including phenoxy) is 1. The van der Waals surface area contributed by atoms with Crippen molar-refractivity contribution in [2.45, 2.75) is 19.9 Å². The van der Waals surface area contributed by atoms with Gasteiger partial charge in [-0.1, -0.05) is 17.8 Å². The number of phenols is 1. The molecule has 0 unspecified atom stereocenters. The Kier molecular flexibility index (Phi) is 7.72. The SMILES string of the molecule is CCOC(=O)[C@@H](CSC(=O)c1cc(-c2ccc(F)cc2F)ccc1O)NC(C)=O. The zero-order chi connectivity index (χ0) is 21.6. The lowest BCUT2D eigenvalue weighted by Crippen LogP contribution is -2.42. The molecular formula is C20H19F2NO5S. The number of thioether (sulfide) groups is 1. The van der Waals surface area contributed by atoms with Gasteiger partial charge in [0.05, 0.1) is 12.2 Å². The summed E-state index contributed by atoms with van der Waals surface area (Å²) in [7, 11) is 0. The number of nitrogens with one attached hydrogen (secondary N) is 1. The molecule has 0 saturated carbocycles. The molecule has 0 heterocycles. The van der Waals surface area contributed by atoms with E-state index >= 15 is 0 Å². The maximum absolute atomic E-state index is 14.0. The highest BCUT2D eigenvalue weighted by atomic mass is 32.2. The number of carbonyl (C=O) groups is 3. The number of esters is 1. The molecule has 6 nitrogen and oxygen atoms in total. The Labute approximate surface area is 170 Å². The van der Waals surface area contributed by atoms with E-state index in [4.69, 9.17) is 4.74 Å². The molecule has 0 radical (unpaired) electrons. The van der Waals surface area contributed by atoms with Gasteiger partial charge in [-0.3, -0.25) is 9.59 Å². The maximum Gasteiger partial charge on any atom is 0.329 e. The molecule has 9 heteroatoms. The van der Waals surface area contributed by atoms with Crippen LogP contribution in [0.1, 0.15) is 24.2 Å². The van der Waals surface area contributed by atoms with Crippen molar-refractivity contribution in [3.05, 3.63) is 53.6 Å². The lowest BCUT2D eigenvalue weighted by atomic mass is 10.0. The molecule has 0 fully saturated rings. The van der Waals surface area contributed by atoms with Gasteiger partial charge < -0.3 is 15.2 Å². The predicted octanol–water partition coefficient (Wildman–Crippen LogP) is 3.28. The number of hydrogen-bond donors (Lipinski definition) is 2. The zero-order valence-corrected chi connectivity index (χ0v) is 16.5. The predicted molar refractivity (Wildman–Crippen MR) is 104 cm³/mol. The highest BCUT2D eigenvalue weighted by Crippen LogP contribution is 2.30. The van der Waals surface area contributed by atoms with Gasteiger partial charge >= 0.3 is 5.97 Å². The van der Waals surface area contributed by atoms with Crippen LogP contribution in [0.3, 0.4) is 0 Å². The fourth-order valence-electron chi connectivity index (χ4n) is 2.48. The van der Waals surface area contributed by atoms with E-state index in [0.29, 0.717) is 11.8 Å². The normalized spacial score (nSPS) is 11.6. The fourth-order valence-corrected chi connectivity index (χ4v) is 3.34. The molecule has 0 spiro atoms. The van der Waals surface area contributed by atoms with Gasteiger partial charge in [0.2, 0.25) is 11.0 Å². The molecular weight excluding hydrogens is 404 g/mol. The van der Waals surface area contributed by atoms with Crippen molar-refractivity contribution in [3.63, 3.8) is 0 Å². The Bertz CT molecular complexity index is 935. The van der Waals surface area contributed by atoms with Crippen LogP contribution in [0, 0.1) is 11.6 Å².